The third-order valence-electron chi connectivity index (χ3n) is 3.14. The molecule has 9 heteroatoms. The Morgan fingerprint density at radius 2 is 1.71 bits per heavy atom. The number of ketones is 1. The molecule has 132 valence electrons. The Bertz CT molecular complexity index is 574. The van der Waals surface area contributed by atoms with Crippen LogP contribution in [-0.2, 0) is 14.3 Å². The van der Waals surface area contributed by atoms with E-state index < -0.39 is 23.8 Å². The van der Waals surface area contributed by atoms with Gasteiger partial charge in [-0.25, -0.2) is 9.59 Å². The number of esters is 1. The first kappa shape index (κ1) is 20.1. The standard InChI is InChI=1S/C15H18Cl2N2O5/c1-24-14(22)13(21)12(10-2-4-11(20)5-3-10)18-15(23)19(8-6-16)9-7-17/h2-5,12,20H,6-9H2,1H3,(H,18,23). The number of Topliss-reactive ketones (excluding diaryl/α,β-unsaturated/α-hetero) is 1. The predicted octanol–water partition coefficient (Wildman–Crippen LogP) is 1.66. The minimum absolute atomic E-state index is 0.0137. The Morgan fingerprint density at radius 3 is 2.17 bits per heavy atom. The SMILES string of the molecule is COC(=O)C(=O)C(NC(=O)N(CCCl)CCCl)c1ccc(O)cc1. The molecule has 0 saturated heterocycles. The van der Waals surface area contributed by atoms with Crippen LogP contribution in [0.5, 0.6) is 5.75 Å². The molecular weight excluding hydrogens is 359 g/mol. The quantitative estimate of drug-likeness (QED) is 0.408. The minimum atomic E-state index is -1.25. The third-order valence-corrected chi connectivity index (χ3v) is 3.48. The van der Waals surface area contributed by atoms with Gasteiger partial charge in [0.25, 0.3) is 5.78 Å². The number of halogens is 2. The second-order valence-corrected chi connectivity index (χ2v) is 5.45. The third kappa shape index (κ3) is 5.58. The number of aromatic hydroxyl groups is 1. The largest absolute Gasteiger partial charge is 0.508 e. The van der Waals surface area contributed by atoms with Crippen molar-refractivity contribution in [2.24, 2.45) is 0 Å². The van der Waals surface area contributed by atoms with E-state index in [4.69, 9.17) is 23.2 Å². The number of alkyl halides is 2. The minimum Gasteiger partial charge on any atom is -0.508 e. The number of nitrogens with zero attached hydrogens (tertiary/aromatic N) is 1. The zero-order valence-corrected chi connectivity index (χ0v) is 14.5. The molecule has 0 aliphatic rings. The van der Waals surface area contributed by atoms with E-state index in [1.165, 1.54) is 29.2 Å². The van der Waals surface area contributed by atoms with Crippen molar-refractivity contribution in [3.63, 3.8) is 0 Å². The lowest BCUT2D eigenvalue weighted by atomic mass is 10.0. The van der Waals surface area contributed by atoms with Gasteiger partial charge in [0.1, 0.15) is 11.8 Å². The van der Waals surface area contributed by atoms with Crippen molar-refractivity contribution in [2.75, 3.05) is 32.0 Å². The molecule has 1 atom stereocenters. The van der Waals surface area contributed by atoms with E-state index in [0.717, 1.165) is 7.11 Å². The molecule has 2 N–H and O–H groups in total. The van der Waals surface area contributed by atoms with Crippen LogP contribution in [0.2, 0.25) is 0 Å². The van der Waals surface area contributed by atoms with E-state index in [-0.39, 0.29) is 30.6 Å². The highest BCUT2D eigenvalue weighted by molar-refractivity contribution is 6.36. The van der Waals surface area contributed by atoms with Gasteiger partial charge in [0.15, 0.2) is 0 Å². The molecule has 0 fully saturated rings. The fraction of sp³-hybridized carbons (Fsp3) is 0.400. The highest BCUT2D eigenvalue weighted by atomic mass is 35.5. The number of urea groups is 1. The molecular formula is C15H18Cl2N2O5. The number of carbonyl (C=O) groups excluding carboxylic acids is 3. The Balaban J connectivity index is 3.04. The number of hydrogen-bond donors (Lipinski definition) is 2. The zero-order chi connectivity index (χ0) is 18.1. The van der Waals surface area contributed by atoms with Crippen molar-refractivity contribution in [3.8, 4) is 5.75 Å². The molecule has 0 aliphatic carbocycles. The van der Waals surface area contributed by atoms with Crippen molar-refractivity contribution in [1.82, 2.24) is 10.2 Å². The van der Waals surface area contributed by atoms with Crippen LogP contribution in [0.1, 0.15) is 11.6 Å². The average molecular weight is 377 g/mol. The first-order valence-corrected chi connectivity index (χ1v) is 8.10. The highest BCUT2D eigenvalue weighted by Gasteiger charge is 2.30. The number of hydrogen-bond acceptors (Lipinski definition) is 5. The summed E-state index contributed by atoms with van der Waals surface area (Å²) >= 11 is 11.3. The Kier molecular flexibility index (Phi) is 8.35. The van der Waals surface area contributed by atoms with Crippen molar-refractivity contribution in [2.45, 2.75) is 6.04 Å². The number of phenolic OH excluding ortho intramolecular Hbond substituents is 1. The van der Waals surface area contributed by atoms with Gasteiger partial charge in [0, 0.05) is 24.8 Å². The lowest BCUT2D eigenvalue weighted by molar-refractivity contribution is -0.152. The lowest BCUT2D eigenvalue weighted by Crippen LogP contribution is -2.46. The van der Waals surface area contributed by atoms with Crippen LogP contribution >= 0.6 is 23.2 Å². The van der Waals surface area contributed by atoms with Gasteiger partial charge in [-0.3, -0.25) is 4.79 Å². The van der Waals surface area contributed by atoms with Gasteiger partial charge in [-0.05, 0) is 17.7 Å². The number of ether oxygens (including phenoxy) is 1. The van der Waals surface area contributed by atoms with Gasteiger partial charge < -0.3 is 20.1 Å². The molecule has 1 aromatic carbocycles. The number of carbonyl (C=O) groups is 3. The fourth-order valence-corrected chi connectivity index (χ4v) is 2.33. The van der Waals surface area contributed by atoms with Crippen LogP contribution in [-0.4, -0.2) is 59.7 Å². The second-order valence-electron chi connectivity index (χ2n) is 4.69. The molecule has 0 aliphatic heterocycles. The maximum Gasteiger partial charge on any atom is 0.376 e. The predicted molar refractivity (Wildman–Crippen MR) is 89.4 cm³/mol. The van der Waals surface area contributed by atoms with Crippen LogP contribution in [0.3, 0.4) is 0 Å². The number of amides is 2. The van der Waals surface area contributed by atoms with Crippen LogP contribution in [0.4, 0.5) is 4.79 Å². The molecule has 0 spiro atoms. The van der Waals surface area contributed by atoms with Crippen molar-refractivity contribution < 1.29 is 24.2 Å². The average Bonchev–Trinajstić information content (AvgIpc) is 2.58. The molecule has 0 heterocycles. The van der Waals surface area contributed by atoms with E-state index >= 15 is 0 Å². The summed E-state index contributed by atoms with van der Waals surface area (Å²) in [6.45, 7) is 0.462. The van der Waals surface area contributed by atoms with Gasteiger partial charge in [-0.2, -0.15) is 0 Å². The van der Waals surface area contributed by atoms with Crippen molar-refractivity contribution in [1.29, 1.82) is 0 Å². The second kappa shape index (κ2) is 10.00. The van der Waals surface area contributed by atoms with E-state index in [1.807, 2.05) is 0 Å². The maximum atomic E-state index is 12.3. The van der Waals surface area contributed by atoms with E-state index in [1.54, 1.807) is 0 Å². The maximum absolute atomic E-state index is 12.3. The Morgan fingerprint density at radius 1 is 1.17 bits per heavy atom. The molecule has 0 bridgehead atoms. The summed E-state index contributed by atoms with van der Waals surface area (Å²) < 4.78 is 4.43. The summed E-state index contributed by atoms with van der Waals surface area (Å²) in [5.74, 6) is -1.65. The molecule has 24 heavy (non-hydrogen) atoms. The van der Waals surface area contributed by atoms with E-state index in [0.29, 0.717) is 5.56 Å². The summed E-state index contributed by atoms with van der Waals surface area (Å²) in [6.07, 6.45) is 0. The smallest absolute Gasteiger partial charge is 0.376 e. The van der Waals surface area contributed by atoms with Crippen LogP contribution in [0.25, 0.3) is 0 Å². The van der Waals surface area contributed by atoms with E-state index in [9.17, 15) is 19.5 Å². The lowest BCUT2D eigenvalue weighted by Gasteiger charge is -2.24. The van der Waals surface area contributed by atoms with Gasteiger partial charge in [-0.15, -0.1) is 23.2 Å². The molecule has 1 rings (SSSR count). The fourth-order valence-electron chi connectivity index (χ4n) is 1.92. The van der Waals surface area contributed by atoms with Crippen LogP contribution in [0, 0.1) is 0 Å². The van der Waals surface area contributed by atoms with Gasteiger partial charge in [0.05, 0.1) is 7.11 Å². The first-order chi connectivity index (χ1) is 11.4. The summed E-state index contributed by atoms with van der Waals surface area (Å²) in [7, 11) is 1.07. The molecule has 1 aromatic rings. The normalized spacial score (nSPS) is 11.5. The monoisotopic (exact) mass is 376 g/mol. The number of rotatable bonds is 8. The first-order valence-electron chi connectivity index (χ1n) is 7.03. The van der Waals surface area contributed by atoms with E-state index in [2.05, 4.69) is 10.1 Å². The molecule has 2 amide bonds. The van der Waals surface area contributed by atoms with Crippen molar-refractivity contribution >= 4 is 41.0 Å². The topological polar surface area (TPSA) is 95.9 Å². The van der Waals surface area contributed by atoms with Crippen LogP contribution < -0.4 is 5.32 Å². The molecule has 0 radical (unpaired) electrons. The van der Waals surface area contributed by atoms with Crippen molar-refractivity contribution in [3.05, 3.63) is 29.8 Å². The Labute approximate surface area is 149 Å². The zero-order valence-electron chi connectivity index (χ0n) is 13.0. The molecule has 1 unspecified atom stereocenters. The Hall–Kier alpha value is -1.99. The van der Waals surface area contributed by atoms with Gasteiger partial charge >= 0.3 is 12.0 Å². The summed E-state index contributed by atoms with van der Waals surface area (Å²) in [4.78, 5) is 37.4. The highest BCUT2D eigenvalue weighted by Crippen LogP contribution is 2.19. The summed E-state index contributed by atoms with van der Waals surface area (Å²) in [5, 5.41) is 11.8. The number of phenols is 1. The molecule has 0 aromatic heterocycles. The number of nitrogens with one attached hydrogen (secondary N) is 1. The molecule has 7 nitrogen and oxygen atoms in total. The summed E-state index contributed by atoms with van der Waals surface area (Å²) in [5.41, 5.74) is 0.327. The molecule has 0 saturated carbocycles. The van der Waals surface area contributed by atoms with Gasteiger partial charge in [0.2, 0.25) is 0 Å². The van der Waals surface area contributed by atoms with Gasteiger partial charge in [-0.1, -0.05) is 12.1 Å². The van der Waals surface area contributed by atoms with Crippen LogP contribution in [0.15, 0.2) is 24.3 Å². The number of benzene rings is 1. The summed E-state index contributed by atoms with van der Waals surface area (Å²) in [6, 6.07) is 3.69. The number of methoxy groups -OCH3 is 1.